The highest BCUT2D eigenvalue weighted by Gasteiger charge is 2.25. The molecule has 0 bridgehead atoms. The van der Waals surface area contributed by atoms with E-state index < -0.39 is 23.9 Å². The summed E-state index contributed by atoms with van der Waals surface area (Å²) in [5.74, 6) is -0.399. The van der Waals surface area contributed by atoms with Crippen LogP contribution < -0.4 is 10.6 Å². The second-order valence-electron chi connectivity index (χ2n) is 8.78. The van der Waals surface area contributed by atoms with E-state index in [2.05, 4.69) is 36.0 Å². The van der Waals surface area contributed by atoms with E-state index in [1.807, 2.05) is 36.4 Å². The lowest BCUT2D eigenvalue weighted by Crippen LogP contribution is -2.25. The van der Waals surface area contributed by atoms with E-state index in [-0.39, 0.29) is 5.91 Å². The van der Waals surface area contributed by atoms with Crippen LogP contribution in [0.2, 0.25) is 0 Å². The molecule has 232 valence electrons. The van der Waals surface area contributed by atoms with Crippen molar-refractivity contribution in [2.75, 3.05) is 22.1 Å². The number of rotatable bonds is 13. The zero-order chi connectivity index (χ0) is 31.7. The highest BCUT2D eigenvalue weighted by atomic mass is 32.2. The van der Waals surface area contributed by atoms with Gasteiger partial charge in [0, 0.05) is 36.8 Å². The standard InChI is InChI=1S/C26H26N6O4S3.C2H3FO2/c1-17(33)36-23(19-10-6-3-7-11-19)24(35)28-26-32-30-22(39-26)13-15-37-14-12-21-29-31-25(38-21)27-20(34)16-18-8-4-2-5-9-18;1-2(4)5-3/h2-11,23H,12-16H2,1H3,(H,27,31,34)(H,28,32,35);1H3. The Morgan fingerprint density at radius 2 is 1.32 bits per heavy atom. The normalized spacial score (nSPS) is 11.0. The fraction of sp³-hybridized carbons (Fsp3) is 0.286. The summed E-state index contributed by atoms with van der Waals surface area (Å²) in [6.45, 7) is 2.25. The lowest BCUT2D eigenvalue weighted by molar-refractivity contribution is -0.180. The smallest absolute Gasteiger partial charge is 0.345 e. The molecule has 2 aromatic carbocycles. The van der Waals surface area contributed by atoms with E-state index in [0.717, 1.165) is 40.4 Å². The molecule has 0 fully saturated rings. The Hall–Kier alpha value is -4.28. The minimum atomic E-state index is -1.07. The van der Waals surface area contributed by atoms with Crippen LogP contribution in [0.15, 0.2) is 60.7 Å². The van der Waals surface area contributed by atoms with Crippen LogP contribution in [0.5, 0.6) is 0 Å². The van der Waals surface area contributed by atoms with Crippen LogP contribution in [0.25, 0.3) is 0 Å². The molecule has 0 aliphatic rings. The van der Waals surface area contributed by atoms with Crippen LogP contribution in [0, 0.1) is 0 Å². The lowest BCUT2D eigenvalue weighted by atomic mass is 10.1. The number of halogens is 1. The van der Waals surface area contributed by atoms with Crippen molar-refractivity contribution in [3.8, 4) is 0 Å². The van der Waals surface area contributed by atoms with Crippen molar-refractivity contribution >= 4 is 68.5 Å². The van der Waals surface area contributed by atoms with Gasteiger partial charge in [-0.05, 0) is 17.1 Å². The topological polar surface area (TPSA) is 162 Å². The fourth-order valence-corrected chi connectivity index (χ4v) is 6.05. The molecule has 1 atom stereocenters. The SMILES string of the molecule is CC(=O)OC(C(=O)Nc1nnc(CCSCCc2nnc(NC(=O)Cc3ccccc3)s2)s1)c1ccccc1.CC(=O)OF. The summed E-state index contributed by atoms with van der Waals surface area (Å²) < 4.78 is 15.5. The molecule has 2 amide bonds. The number of thioether (sulfide) groups is 1. The lowest BCUT2D eigenvalue weighted by Gasteiger charge is -2.15. The first-order valence-corrected chi connectivity index (χ1v) is 15.9. The van der Waals surface area contributed by atoms with Crippen molar-refractivity contribution in [1.29, 1.82) is 0 Å². The van der Waals surface area contributed by atoms with Crippen LogP contribution in [0.1, 0.15) is 41.1 Å². The summed E-state index contributed by atoms with van der Waals surface area (Å²) in [5, 5.41) is 24.4. The van der Waals surface area contributed by atoms with Crippen molar-refractivity contribution < 1.29 is 33.4 Å². The number of nitrogens with one attached hydrogen (secondary N) is 2. The van der Waals surface area contributed by atoms with Crippen LogP contribution in [0.4, 0.5) is 14.8 Å². The molecule has 0 aliphatic heterocycles. The van der Waals surface area contributed by atoms with Crippen molar-refractivity contribution in [2.24, 2.45) is 0 Å². The van der Waals surface area contributed by atoms with Crippen LogP contribution in [0.3, 0.4) is 0 Å². The van der Waals surface area contributed by atoms with Crippen molar-refractivity contribution in [3.63, 3.8) is 0 Å². The van der Waals surface area contributed by atoms with E-state index in [0.29, 0.717) is 28.7 Å². The number of benzene rings is 2. The molecule has 12 nitrogen and oxygen atoms in total. The third kappa shape index (κ3) is 12.5. The van der Waals surface area contributed by atoms with Gasteiger partial charge in [0.05, 0.1) is 6.42 Å². The molecule has 1 unspecified atom stereocenters. The number of nitrogens with zero attached hydrogens (tertiary/aromatic N) is 4. The Bertz CT molecular complexity index is 1510. The van der Waals surface area contributed by atoms with Gasteiger partial charge in [0.1, 0.15) is 10.0 Å². The third-order valence-corrected chi connectivity index (χ3v) is 8.05. The van der Waals surface area contributed by atoms with Gasteiger partial charge in [-0.25, -0.2) is 4.79 Å². The molecule has 0 aliphatic carbocycles. The van der Waals surface area contributed by atoms with Gasteiger partial charge >= 0.3 is 11.9 Å². The largest absolute Gasteiger partial charge is 0.447 e. The Balaban J connectivity index is 0.000000978. The molecule has 4 rings (SSSR count). The molecule has 0 radical (unpaired) electrons. The summed E-state index contributed by atoms with van der Waals surface area (Å²) in [6, 6.07) is 18.4. The molecular formula is C28H29FN6O6S3. The number of anilines is 2. The highest BCUT2D eigenvalue weighted by molar-refractivity contribution is 7.99. The Kier molecular flexibility index (Phi) is 14.3. The number of carbonyl (C=O) groups excluding carboxylic acids is 4. The summed E-state index contributed by atoms with van der Waals surface area (Å²) in [6.07, 6.45) is 0.666. The number of aromatic nitrogens is 4. The Labute approximate surface area is 264 Å². The average Bonchev–Trinajstić information content (AvgIpc) is 3.65. The van der Waals surface area contributed by atoms with Crippen molar-refractivity contribution in [3.05, 3.63) is 81.8 Å². The zero-order valence-corrected chi connectivity index (χ0v) is 26.2. The molecule has 2 heterocycles. The van der Waals surface area contributed by atoms with Gasteiger partial charge in [0.15, 0.2) is 0 Å². The summed E-state index contributed by atoms with van der Waals surface area (Å²) in [7, 11) is 0. The van der Waals surface area contributed by atoms with Gasteiger partial charge < -0.3 is 10.1 Å². The second-order valence-corrected chi connectivity index (χ2v) is 12.1. The summed E-state index contributed by atoms with van der Waals surface area (Å²) in [5.41, 5.74) is 1.52. The Morgan fingerprint density at radius 3 is 1.84 bits per heavy atom. The monoisotopic (exact) mass is 660 g/mol. The van der Waals surface area contributed by atoms with Crippen LogP contribution >= 0.6 is 34.4 Å². The van der Waals surface area contributed by atoms with Gasteiger partial charge in [-0.2, -0.15) is 11.8 Å². The minimum absolute atomic E-state index is 0.118. The molecule has 44 heavy (non-hydrogen) atoms. The first-order chi connectivity index (χ1) is 21.2. The van der Waals surface area contributed by atoms with Gasteiger partial charge in [0.25, 0.3) is 5.91 Å². The van der Waals surface area contributed by atoms with Crippen LogP contribution in [-0.2, 0) is 48.1 Å². The van der Waals surface area contributed by atoms with Gasteiger partial charge in [-0.3, -0.25) is 24.6 Å². The van der Waals surface area contributed by atoms with E-state index in [1.54, 1.807) is 36.0 Å². The van der Waals surface area contributed by atoms with E-state index in [9.17, 15) is 23.7 Å². The maximum Gasteiger partial charge on any atom is 0.345 e. The molecule has 0 saturated heterocycles. The van der Waals surface area contributed by atoms with E-state index in [1.165, 1.54) is 29.6 Å². The molecule has 0 saturated carbocycles. The maximum atomic E-state index is 12.7. The summed E-state index contributed by atoms with van der Waals surface area (Å²) in [4.78, 5) is 48.3. The number of esters is 1. The quantitative estimate of drug-likeness (QED) is 0.150. The van der Waals surface area contributed by atoms with E-state index >= 15 is 0 Å². The maximum absolute atomic E-state index is 12.7. The first-order valence-electron chi connectivity index (χ1n) is 13.1. The predicted octanol–water partition coefficient (Wildman–Crippen LogP) is 4.77. The molecule has 2 N–H and O–H groups in total. The van der Waals surface area contributed by atoms with E-state index in [4.69, 9.17) is 4.74 Å². The van der Waals surface area contributed by atoms with Gasteiger partial charge in [-0.15, -0.1) is 20.4 Å². The van der Waals surface area contributed by atoms with Crippen molar-refractivity contribution in [1.82, 2.24) is 20.4 Å². The van der Waals surface area contributed by atoms with Crippen LogP contribution in [-0.4, -0.2) is 55.7 Å². The number of amides is 2. The fourth-order valence-electron chi connectivity index (χ4n) is 3.41. The minimum Gasteiger partial charge on any atom is -0.447 e. The summed E-state index contributed by atoms with van der Waals surface area (Å²) >= 11 is 4.41. The molecule has 16 heteroatoms. The number of aryl methyl sites for hydroxylation is 2. The zero-order valence-electron chi connectivity index (χ0n) is 23.7. The molecule has 2 aromatic heterocycles. The number of hydrogen-bond acceptors (Lipinski definition) is 13. The third-order valence-electron chi connectivity index (χ3n) is 5.27. The molecule has 4 aromatic rings. The number of carbonyl (C=O) groups is 4. The average molecular weight is 661 g/mol. The second kappa shape index (κ2) is 18.4. The predicted molar refractivity (Wildman–Crippen MR) is 166 cm³/mol. The van der Waals surface area contributed by atoms with Gasteiger partial charge in [-0.1, -0.05) is 83.3 Å². The Morgan fingerprint density at radius 1 is 0.795 bits per heavy atom. The number of ether oxygens (including phenoxy) is 1. The first kappa shape index (κ1) is 34.2. The van der Waals surface area contributed by atoms with Gasteiger partial charge in [0.2, 0.25) is 22.3 Å². The molecular weight excluding hydrogens is 632 g/mol. The molecule has 0 spiro atoms. The van der Waals surface area contributed by atoms with Crippen molar-refractivity contribution in [2.45, 2.75) is 39.2 Å². The number of hydrogen-bond donors (Lipinski definition) is 2. The highest BCUT2D eigenvalue weighted by Crippen LogP contribution is 2.23.